The highest BCUT2D eigenvalue weighted by molar-refractivity contribution is 9.10. The molecule has 5 nitrogen and oxygen atoms in total. The van der Waals surface area contributed by atoms with Gasteiger partial charge in [0.1, 0.15) is 11.8 Å². The highest BCUT2D eigenvalue weighted by atomic mass is 79.9. The summed E-state index contributed by atoms with van der Waals surface area (Å²) in [5.41, 5.74) is 0.349. The molecule has 21 heavy (non-hydrogen) atoms. The first-order valence-corrected chi connectivity index (χ1v) is 6.37. The van der Waals surface area contributed by atoms with Crippen LogP contribution in [0.1, 0.15) is 5.56 Å². The van der Waals surface area contributed by atoms with Crippen molar-refractivity contribution in [2.45, 2.75) is 18.6 Å². The highest BCUT2D eigenvalue weighted by Gasteiger charge is 2.40. The molecular weight excluding hydrogens is 359 g/mol. The Balaban J connectivity index is 2.97. The Hall–Kier alpha value is -1.77. The quantitative estimate of drug-likeness (QED) is 0.833. The Morgan fingerprint density at radius 1 is 1.43 bits per heavy atom. The summed E-state index contributed by atoms with van der Waals surface area (Å²) in [7, 11) is 1.34. The number of hydrogen-bond donors (Lipinski definition) is 2. The first kappa shape index (κ1) is 17.3. The van der Waals surface area contributed by atoms with Gasteiger partial charge in [0.05, 0.1) is 7.11 Å². The van der Waals surface area contributed by atoms with Crippen LogP contribution in [0, 0.1) is 0 Å². The fourth-order valence-electron chi connectivity index (χ4n) is 1.57. The summed E-state index contributed by atoms with van der Waals surface area (Å²) >= 11 is 3.16. The molecule has 1 aromatic rings. The molecule has 1 rings (SSSR count). The molecule has 0 bridgehead atoms. The van der Waals surface area contributed by atoms with E-state index >= 15 is 0 Å². The van der Waals surface area contributed by atoms with Crippen LogP contribution in [0.2, 0.25) is 0 Å². The first-order chi connectivity index (χ1) is 9.65. The topological polar surface area (TPSA) is 75.6 Å². The van der Waals surface area contributed by atoms with Crippen LogP contribution in [-0.2, 0) is 16.0 Å². The Labute approximate surface area is 126 Å². The number of nitrogens with one attached hydrogen (secondary N) is 1. The molecule has 1 atom stereocenters. The maximum atomic E-state index is 12.2. The Bertz CT molecular complexity index is 548. The lowest BCUT2D eigenvalue weighted by molar-refractivity contribution is -0.175. The second-order valence-corrected chi connectivity index (χ2v) is 4.94. The minimum absolute atomic E-state index is 0.311. The Morgan fingerprint density at radius 3 is 2.52 bits per heavy atom. The zero-order chi connectivity index (χ0) is 16.2. The van der Waals surface area contributed by atoms with E-state index in [2.05, 4.69) is 15.9 Å². The predicted octanol–water partition coefficient (Wildman–Crippen LogP) is 2.13. The molecule has 2 N–H and O–H groups in total. The number of methoxy groups -OCH3 is 1. The van der Waals surface area contributed by atoms with Crippen molar-refractivity contribution in [3.63, 3.8) is 0 Å². The molecule has 0 radical (unpaired) electrons. The fraction of sp³-hybridized carbons (Fsp3) is 0.333. The molecule has 0 fully saturated rings. The lowest BCUT2D eigenvalue weighted by Crippen LogP contribution is -2.47. The number of rotatable bonds is 5. The summed E-state index contributed by atoms with van der Waals surface area (Å²) in [6.07, 6.45) is -5.49. The van der Waals surface area contributed by atoms with E-state index in [9.17, 15) is 22.8 Å². The van der Waals surface area contributed by atoms with E-state index in [1.165, 1.54) is 24.6 Å². The van der Waals surface area contributed by atoms with Crippen molar-refractivity contribution in [1.29, 1.82) is 0 Å². The number of halogens is 4. The van der Waals surface area contributed by atoms with Gasteiger partial charge in [-0.2, -0.15) is 13.2 Å². The second kappa shape index (κ2) is 6.79. The summed E-state index contributed by atoms with van der Waals surface area (Å²) in [5, 5.41) is 10.4. The van der Waals surface area contributed by atoms with Gasteiger partial charge in [-0.3, -0.25) is 4.79 Å². The molecule has 1 amide bonds. The van der Waals surface area contributed by atoms with Crippen LogP contribution < -0.4 is 10.1 Å². The van der Waals surface area contributed by atoms with Crippen molar-refractivity contribution in [3.05, 3.63) is 28.2 Å². The van der Waals surface area contributed by atoms with E-state index in [-0.39, 0.29) is 6.42 Å². The molecule has 0 aliphatic carbocycles. The van der Waals surface area contributed by atoms with Gasteiger partial charge < -0.3 is 15.2 Å². The van der Waals surface area contributed by atoms with E-state index in [1.807, 2.05) is 0 Å². The number of carbonyl (C=O) groups is 2. The van der Waals surface area contributed by atoms with Crippen molar-refractivity contribution >= 4 is 27.8 Å². The predicted molar refractivity (Wildman–Crippen MR) is 70.0 cm³/mol. The first-order valence-electron chi connectivity index (χ1n) is 5.58. The van der Waals surface area contributed by atoms with Crippen LogP contribution >= 0.6 is 15.9 Å². The van der Waals surface area contributed by atoms with Crippen molar-refractivity contribution in [1.82, 2.24) is 5.32 Å². The Morgan fingerprint density at radius 2 is 2.05 bits per heavy atom. The Kier molecular flexibility index (Phi) is 5.59. The van der Waals surface area contributed by atoms with Crippen LogP contribution in [-0.4, -0.2) is 36.3 Å². The molecular formula is C12H11BrF3NO4. The summed E-state index contributed by atoms with van der Waals surface area (Å²) < 4.78 is 42.2. The molecule has 0 spiro atoms. The van der Waals surface area contributed by atoms with Gasteiger partial charge in [-0.05, 0) is 23.8 Å². The van der Waals surface area contributed by atoms with E-state index in [0.29, 0.717) is 15.8 Å². The van der Waals surface area contributed by atoms with Crippen molar-refractivity contribution in [2.75, 3.05) is 7.11 Å². The van der Waals surface area contributed by atoms with Crippen LogP contribution in [0.4, 0.5) is 13.2 Å². The van der Waals surface area contributed by atoms with Crippen molar-refractivity contribution in [2.24, 2.45) is 0 Å². The summed E-state index contributed by atoms with van der Waals surface area (Å²) in [5.74, 6) is -3.57. The number of amides is 1. The largest absolute Gasteiger partial charge is 0.496 e. The lowest BCUT2D eigenvalue weighted by Gasteiger charge is -2.17. The van der Waals surface area contributed by atoms with Crippen LogP contribution in [0.25, 0.3) is 0 Å². The van der Waals surface area contributed by atoms with Crippen LogP contribution in [0.3, 0.4) is 0 Å². The zero-order valence-corrected chi connectivity index (χ0v) is 12.3. The van der Waals surface area contributed by atoms with E-state index < -0.39 is 24.1 Å². The number of carboxylic acids is 1. The third kappa shape index (κ3) is 4.92. The van der Waals surface area contributed by atoms with Crippen molar-refractivity contribution < 1.29 is 32.6 Å². The summed E-state index contributed by atoms with van der Waals surface area (Å²) in [6.45, 7) is 0. The molecule has 0 saturated carbocycles. The molecule has 1 aromatic carbocycles. The number of benzene rings is 1. The minimum atomic E-state index is -5.14. The molecule has 9 heteroatoms. The number of aliphatic carboxylic acids is 1. The van der Waals surface area contributed by atoms with E-state index in [0.717, 1.165) is 0 Å². The average Bonchev–Trinajstić information content (AvgIpc) is 2.36. The molecule has 116 valence electrons. The number of carboxylic acid groups (broad SMARTS) is 1. The number of carbonyl (C=O) groups excluding carboxylic acids is 1. The number of alkyl halides is 3. The third-order valence-corrected chi connectivity index (χ3v) is 3.02. The average molecular weight is 370 g/mol. The zero-order valence-electron chi connectivity index (χ0n) is 10.7. The SMILES string of the molecule is COc1ccc(Br)cc1CC(NC(=O)C(F)(F)F)C(=O)O. The van der Waals surface area contributed by atoms with Gasteiger partial charge in [0.25, 0.3) is 0 Å². The van der Waals surface area contributed by atoms with Gasteiger partial charge in [-0.15, -0.1) is 0 Å². The van der Waals surface area contributed by atoms with Gasteiger partial charge >= 0.3 is 18.1 Å². The fourth-order valence-corrected chi connectivity index (χ4v) is 1.98. The van der Waals surface area contributed by atoms with Crippen molar-refractivity contribution in [3.8, 4) is 5.75 Å². The number of hydrogen-bond acceptors (Lipinski definition) is 3. The van der Waals surface area contributed by atoms with Gasteiger partial charge in [-0.1, -0.05) is 15.9 Å². The van der Waals surface area contributed by atoms with Crippen LogP contribution in [0.5, 0.6) is 5.75 Å². The van der Waals surface area contributed by atoms with E-state index in [4.69, 9.17) is 9.84 Å². The van der Waals surface area contributed by atoms with Gasteiger partial charge in [0.2, 0.25) is 0 Å². The maximum absolute atomic E-state index is 12.2. The molecule has 0 aliphatic heterocycles. The van der Waals surface area contributed by atoms with E-state index in [1.54, 1.807) is 6.07 Å². The normalized spacial score (nSPS) is 12.6. The molecule has 0 aliphatic rings. The lowest BCUT2D eigenvalue weighted by atomic mass is 10.0. The second-order valence-electron chi connectivity index (χ2n) is 4.02. The van der Waals surface area contributed by atoms with Crippen LogP contribution in [0.15, 0.2) is 22.7 Å². The van der Waals surface area contributed by atoms with Gasteiger partial charge in [-0.25, -0.2) is 4.79 Å². The third-order valence-electron chi connectivity index (χ3n) is 2.53. The maximum Gasteiger partial charge on any atom is 0.471 e. The van der Waals surface area contributed by atoms with Gasteiger partial charge in [0, 0.05) is 10.9 Å². The molecule has 0 saturated heterocycles. The summed E-state index contributed by atoms with van der Waals surface area (Å²) in [4.78, 5) is 21.9. The minimum Gasteiger partial charge on any atom is -0.496 e. The monoisotopic (exact) mass is 369 g/mol. The molecule has 0 heterocycles. The summed E-state index contributed by atoms with van der Waals surface area (Å²) in [6, 6.07) is 2.95. The molecule has 0 aromatic heterocycles. The highest BCUT2D eigenvalue weighted by Crippen LogP contribution is 2.24. The standard InChI is InChI=1S/C12H11BrF3NO4/c1-21-9-3-2-7(13)4-6(9)5-8(10(18)19)17-11(20)12(14,15)16/h2-4,8H,5H2,1H3,(H,17,20)(H,18,19). The molecule has 1 unspecified atom stereocenters. The smallest absolute Gasteiger partial charge is 0.471 e. The van der Waals surface area contributed by atoms with Gasteiger partial charge in [0.15, 0.2) is 0 Å². The number of ether oxygens (including phenoxy) is 1.